The van der Waals surface area contributed by atoms with Gasteiger partial charge in [0.2, 0.25) is 5.43 Å². The van der Waals surface area contributed by atoms with Gasteiger partial charge in [-0.25, -0.2) is 0 Å². The summed E-state index contributed by atoms with van der Waals surface area (Å²) in [6, 6.07) is 11.1. The first kappa shape index (κ1) is 11.2. The van der Waals surface area contributed by atoms with Gasteiger partial charge in [0, 0.05) is 11.8 Å². The van der Waals surface area contributed by atoms with Crippen LogP contribution in [0.2, 0.25) is 0 Å². The molecule has 3 aromatic rings. The predicted octanol–water partition coefficient (Wildman–Crippen LogP) is 3.62. The molecule has 88 valence electrons. The molecule has 18 heavy (non-hydrogen) atoms. The van der Waals surface area contributed by atoms with Crippen molar-refractivity contribution >= 4 is 26.9 Å². The van der Waals surface area contributed by atoms with Gasteiger partial charge in [-0.2, -0.15) is 0 Å². The first-order valence-electron chi connectivity index (χ1n) is 5.38. The van der Waals surface area contributed by atoms with Crippen molar-refractivity contribution in [2.45, 2.75) is 0 Å². The lowest BCUT2D eigenvalue weighted by molar-refractivity contribution is 0.599. The molecule has 3 nitrogen and oxygen atoms in total. The first-order chi connectivity index (χ1) is 8.75. The molecular weight excluding hydrogens is 294 g/mol. The fraction of sp³-hybridized carbons (Fsp3) is 0. The van der Waals surface area contributed by atoms with Crippen LogP contribution in [0.15, 0.2) is 62.5 Å². The number of fused-ring (bicyclic) bond motifs is 1. The molecule has 0 saturated carbocycles. The molecule has 0 spiro atoms. The zero-order chi connectivity index (χ0) is 12.5. The summed E-state index contributed by atoms with van der Waals surface area (Å²) in [6.45, 7) is 0. The van der Waals surface area contributed by atoms with Crippen LogP contribution >= 0.6 is 15.9 Å². The maximum absolute atomic E-state index is 12.0. The fourth-order valence-corrected chi connectivity index (χ4v) is 2.11. The Morgan fingerprint density at radius 1 is 1.17 bits per heavy atom. The summed E-state index contributed by atoms with van der Waals surface area (Å²) in [6.07, 6.45) is 3.13. The molecule has 4 heteroatoms. The highest BCUT2D eigenvalue weighted by Gasteiger charge is 2.07. The molecule has 0 atom stereocenters. The lowest BCUT2D eigenvalue weighted by atomic mass is 10.1. The van der Waals surface area contributed by atoms with E-state index in [2.05, 4.69) is 20.9 Å². The Labute approximate surface area is 111 Å². The molecule has 0 unspecified atom stereocenters. The Bertz CT molecular complexity index is 766. The van der Waals surface area contributed by atoms with Gasteiger partial charge in [-0.3, -0.25) is 9.78 Å². The normalized spacial score (nSPS) is 10.7. The topological polar surface area (TPSA) is 43.1 Å². The molecule has 2 aromatic heterocycles. The highest BCUT2D eigenvalue weighted by molar-refractivity contribution is 9.10. The molecular formula is C14H8BrNO2. The summed E-state index contributed by atoms with van der Waals surface area (Å²) in [7, 11) is 0. The molecule has 1 aromatic carbocycles. The van der Waals surface area contributed by atoms with Gasteiger partial charge in [0.05, 0.1) is 11.1 Å². The van der Waals surface area contributed by atoms with Gasteiger partial charge < -0.3 is 4.42 Å². The Morgan fingerprint density at radius 3 is 2.83 bits per heavy atom. The number of rotatable bonds is 1. The van der Waals surface area contributed by atoms with Crippen molar-refractivity contribution in [3.05, 3.63) is 63.6 Å². The van der Waals surface area contributed by atoms with Crippen LogP contribution in [0.5, 0.6) is 0 Å². The van der Waals surface area contributed by atoms with Crippen molar-refractivity contribution in [1.82, 2.24) is 4.98 Å². The van der Waals surface area contributed by atoms with E-state index in [-0.39, 0.29) is 5.43 Å². The molecule has 2 heterocycles. The maximum Gasteiger partial charge on any atom is 0.206 e. The summed E-state index contributed by atoms with van der Waals surface area (Å²) in [5.74, 6) is 0. The minimum atomic E-state index is -0.0750. The molecule has 0 saturated heterocycles. The molecule has 0 amide bonds. The molecule has 0 N–H and O–H groups in total. The lowest BCUT2D eigenvalue weighted by Crippen LogP contribution is -2.01. The van der Waals surface area contributed by atoms with Gasteiger partial charge in [-0.05, 0) is 46.3 Å². The molecule has 3 rings (SSSR count). The number of halogens is 1. The summed E-state index contributed by atoms with van der Waals surface area (Å²) >= 11 is 3.18. The van der Waals surface area contributed by atoms with Crippen LogP contribution in [-0.2, 0) is 0 Å². The van der Waals surface area contributed by atoms with E-state index in [4.69, 9.17) is 4.42 Å². The highest BCUT2D eigenvalue weighted by atomic mass is 79.9. The monoisotopic (exact) mass is 301 g/mol. The third-order valence-electron chi connectivity index (χ3n) is 2.69. The molecule has 0 aliphatic heterocycles. The maximum atomic E-state index is 12.0. The number of hydrogen-bond acceptors (Lipinski definition) is 3. The lowest BCUT2D eigenvalue weighted by Gasteiger charge is -2.02. The second-order valence-electron chi connectivity index (χ2n) is 3.84. The van der Waals surface area contributed by atoms with E-state index >= 15 is 0 Å². The predicted molar refractivity (Wildman–Crippen MR) is 73.4 cm³/mol. The largest absolute Gasteiger partial charge is 0.463 e. The van der Waals surface area contributed by atoms with Crippen LogP contribution in [-0.4, -0.2) is 4.98 Å². The van der Waals surface area contributed by atoms with E-state index < -0.39 is 0 Å². The van der Waals surface area contributed by atoms with E-state index in [0.717, 1.165) is 11.3 Å². The van der Waals surface area contributed by atoms with Crippen molar-refractivity contribution in [3.63, 3.8) is 0 Å². The Balaban J connectivity index is 2.29. The first-order valence-corrected chi connectivity index (χ1v) is 6.17. The van der Waals surface area contributed by atoms with Gasteiger partial charge in [-0.1, -0.05) is 6.07 Å². The quantitative estimate of drug-likeness (QED) is 0.689. The third kappa shape index (κ3) is 1.84. The minimum Gasteiger partial charge on any atom is -0.463 e. The molecule has 0 bridgehead atoms. The van der Waals surface area contributed by atoms with Crippen LogP contribution in [0.1, 0.15) is 0 Å². The van der Waals surface area contributed by atoms with Crippen LogP contribution in [0.25, 0.3) is 22.2 Å². The van der Waals surface area contributed by atoms with Crippen molar-refractivity contribution in [2.24, 2.45) is 0 Å². The number of aromatic nitrogens is 1. The summed E-state index contributed by atoms with van der Waals surface area (Å²) in [4.78, 5) is 16.2. The van der Waals surface area contributed by atoms with Crippen LogP contribution in [0.4, 0.5) is 0 Å². The molecule has 0 aliphatic carbocycles. The van der Waals surface area contributed by atoms with Crippen molar-refractivity contribution in [3.8, 4) is 11.3 Å². The van der Waals surface area contributed by atoms with E-state index in [1.165, 1.54) is 6.26 Å². The average molecular weight is 302 g/mol. The van der Waals surface area contributed by atoms with E-state index in [1.54, 1.807) is 18.3 Å². The summed E-state index contributed by atoms with van der Waals surface area (Å²) in [5.41, 5.74) is 2.23. The SMILES string of the molecule is O=c1c(Br)coc2ccc(-c3ccccn3)cc12. The standard InChI is InChI=1S/C14H8BrNO2/c15-11-8-18-13-5-4-9(7-10(13)14(11)17)12-3-1-2-6-16-12/h1-8H. The minimum absolute atomic E-state index is 0.0750. The van der Waals surface area contributed by atoms with Crippen molar-refractivity contribution in [1.29, 1.82) is 0 Å². The zero-order valence-corrected chi connectivity index (χ0v) is 10.8. The summed E-state index contributed by atoms with van der Waals surface area (Å²) < 4.78 is 5.77. The van der Waals surface area contributed by atoms with Gasteiger partial charge in [0.1, 0.15) is 16.3 Å². The fourth-order valence-electron chi connectivity index (χ4n) is 1.80. The Hall–Kier alpha value is -1.94. The van der Waals surface area contributed by atoms with Crippen molar-refractivity contribution in [2.75, 3.05) is 0 Å². The van der Waals surface area contributed by atoms with E-state index in [1.807, 2.05) is 24.3 Å². The van der Waals surface area contributed by atoms with E-state index in [0.29, 0.717) is 15.4 Å². The number of benzene rings is 1. The Morgan fingerprint density at radius 2 is 2.06 bits per heavy atom. The molecule has 0 radical (unpaired) electrons. The van der Waals surface area contributed by atoms with Crippen LogP contribution in [0, 0.1) is 0 Å². The second-order valence-corrected chi connectivity index (χ2v) is 4.69. The molecule has 0 fully saturated rings. The number of pyridine rings is 1. The van der Waals surface area contributed by atoms with Gasteiger partial charge in [0.15, 0.2) is 0 Å². The van der Waals surface area contributed by atoms with Gasteiger partial charge in [-0.15, -0.1) is 0 Å². The number of hydrogen-bond donors (Lipinski definition) is 0. The average Bonchev–Trinajstić information content (AvgIpc) is 2.44. The highest BCUT2D eigenvalue weighted by Crippen LogP contribution is 2.22. The molecule has 0 aliphatic rings. The van der Waals surface area contributed by atoms with Crippen molar-refractivity contribution < 1.29 is 4.42 Å². The zero-order valence-electron chi connectivity index (χ0n) is 9.26. The van der Waals surface area contributed by atoms with Crippen LogP contribution in [0.3, 0.4) is 0 Å². The van der Waals surface area contributed by atoms with Gasteiger partial charge >= 0.3 is 0 Å². The second kappa shape index (κ2) is 4.38. The van der Waals surface area contributed by atoms with E-state index in [9.17, 15) is 4.79 Å². The van der Waals surface area contributed by atoms with Crippen LogP contribution < -0.4 is 5.43 Å². The number of nitrogens with zero attached hydrogens (tertiary/aromatic N) is 1. The summed E-state index contributed by atoms with van der Waals surface area (Å²) in [5, 5.41) is 0.549. The third-order valence-corrected chi connectivity index (χ3v) is 3.24. The Kier molecular flexibility index (Phi) is 2.72. The smallest absolute Gasteiger partial charge is 0.206 e. The van der Waals surface area contributed by atoms with Gasteiger partial charge in [0.25, 0.3) is 0 Å².